The molecule has 35 heavy (non-hydrogen) atoms. The Morgan fingerprint density at radius 2 is 1.63 bits per heavy atom. The number of ether oxygens (including phenoxy) is 2. The summed E-state index contributed by atoms with van der Waals surface area (Å²) in [4.78, 5) is 36.2. The summed E-state index contributed by atoms with van der Waals surface area (Å²) in [5, 5.41) is 14.3. The average molecular weight is 495 g/mol. The van der Waals surface area contributed by atoms with Gasteiger partial charge in [-0.1, -0.05) is 60.1 Å². The van der Waals surface area contributed by atoms with Gasteiger partial charge in [-0.3, -0.25) is 4.79 Å². The van der Waals surface area contributed by atoms with Gasteiger partial charge < -0.3 is 25.2 Å². The van der Waals surface area contributed by atoms with Gasteiger partial charge in [-0.25, -0.2) is 9.59 Å². The van der Waals surface area contributed by atoms with Gasteiger partial charge in [-0.2, -0.15) is 0 Å². The molecule has 0 aromatic heterocycles. The summed E-state index contributed by atoms with van der Waals surface area (Å²) in [6.07, 6.45) is -1.71. The van der Waals surface area contributed by atoms with Gasteiger partial charge >= 0.3 is 12.1 Å². The molecule has 180 valence electrons. The number of rotatable bonds is 8. The lowest BCUT2D eigenvalue weighted by Gasteiger charge is -2.18. The highest BCUT2D eigenvalue weighted by molar-refractivity contribution is 6.33. The number of alkyl carbamates (subject to hydrolysis) is 1. The normalized spacial score (nSPS) is 12.9. The van der Waals surface area contributed by atoms with Crippen LogP contribution < -0.4 is 10.6 Å². The molecule has 9 heteroatoms. The first-order valence-corrected chi connectivity index (χ1v) is 11.2. The monoisotopic (exact) mass is 494 g/mol. The van der Waals surface area contributed by atoms with Crippen molar-refractivity contribution < 1.29 is 29.0 Å². The molecule has 0 radical (unpaired) electrons. The van der Waals surface area contributed by atoms with Crippen molar-refractivity contribution in [3.05, 3.63) is 88.4 Å². The van der Waals surface area contributed by atoms with Gasteiger partial charge in [0.1, 0.15) is 6.61 Å². The minimum atomic E-state index is -1.22. The van der Waals surface area contributed by atoms with Crippen LogP contribution in [0.15, 0.2) is 66.7 Å². The second kappa shape index (κ2) is 10.6. The highest BCUT2D eigenvalue weighted by atomic mass is 35.5. The fourth-order valence-electron chi connectivity index (χ4n) is 4.10. The second-order valence-electron chi connectivity index (χ2n) is 7.92. The number of anilines is 1. The maximum atomic E-state index is 12.6. The molecule has 1 atom stereocenters. The number of aromatic carboxylic acids is 1. The molecule has 0 spiro atoms. The first kappa shape index (κ1) is 24.3. The zero-order chi connectivity index (χ0) is 24.9. The Kier molecular flexibility index (Phi) is 7.33. The average Bonchev–Trinajstić information content (AvgIpc) is 3.18. The molecular weight excluding hydrogens is 472 g/mol. The van der Waals surface area contributed by atoms with Crippen molar-refractivity contribution >= 4 is 35.3 Å². The van der Waals surface area contributed by atoms with Crippen LogP contribution in [0.25, 0.3) is 11.1 Å². The molecule has 0 saturated heterocycles. The van der Waals surface area contributed by atoms with Crippen molar-refractivity contribution in [3.8, 4) is 11.1 Å². The molecular formula is C26H23ClN2O6. The summed E-state index contributed by atoms with van der Waals surface area (Å²) in [7, 11) is 1.33. The number of benzene rings is 3. The van der Waals surface area contributed by atoms with Gasteiger partial charge in [0.15, 0.2) is 6.10 Å². The number of amides is 2. The predicted octanol–water partition coefficient (Wildman–Crippen LogP) is 4.53. The number of halogens is 1. The van der Waals surface area contributed by atoms with Gasteiger partial charge in [0, 0.05) is 18.7 Å². The van der Waals surface area contributed by atoms with Crippen molar-refractivity contribution in [2.24, 2.45) is 0 Å². The van der Waals surface area contributed by atoms with Gasteiger partial charge in [0.05, 0.1) is 17.1 Å². The quantitative estimate of drug-likeness (QED) is 0.424. The van der Waals surface area contributed by atoms with Crippen LogP contribution >= 0.6 is 11.6 Å². The Hall–Kier alpha value is -3.88. The molecule has 1 aliphatic carbocycles. The summed E-state index contributed by atoms with van der Waals surface area (Å²) in [6.45, 7) is 0.00479. The molecule has 4 rings (SSSR count). The van der Waals surface area contributed by atoms with Crippen LogP contribution in [0.3, 0.4) is 0 Å². The lowest BCUT2D eigenvalue weighted by Crippen LogP contribution is -2.41. The Labute approximate surface area is 206 Å². The number of methoxy groups -OCH3 is 1. The van der Waals surface area contributed by atoms with E-state index in [1.54, 1.807) is 0 Å². The van der Waals surface area contributed by atoms with Crippen molar-refractivity contribution in [3.63, 3.8) is 0 Å². The Bertz CT molecular complexity index is 1230. The third kappa shape index (κ3) is 5.29. The SMILES string of the molecule is COC(CNC(=O)OCC1c2ccccc2-c2ccccc21)C(=O)Nc1ccc(Cl)c(C(=O)O)c1. The van der Waals surface area contributed by atoms with E-state index in [1.807, 2.05) is 36.4 Å². The number of hydrogen-bond donors (Lipinski definition) is 3. The molecule has 3 aromatic carbocycles. The number of nitrogens with one attached hydrogen (secondary N) is 2. The summed E-state index contributed by atoms with van der Waals surface area (Å²) in [5.74, 6) is -1.86. The van der Waals surface area contributed by atoms with Gasteiger partial charge in [-0.05, 0) is 40.5 Å². The minimum Gasteiger partial charge on any atom is -0.478 e. The Morgan fingerprint density at radius 1 is 1.00 bits per heavy atom. The molecule has 0 fully saturated rings. The summed E-state index contributed by atoms with van der Waals surface area (Å²) < 4.78 is 10.7. The van der Waals surface area contributed by atoms with Gasteiger partial charge in [0.25, 0.3) is 5.91 Å². The van der Waals surface area contributed by atoms with E-state index in [9.17, 15) is 19.5 Å². The van der Waals surface area contributed by atoms with Crippen LogP contribution in [0.1, 0.15) is 27.4 Å². The third-order valence-corrected chi connectivity index (χ3v) is 6.15. The Morgan fingerprint density at radius 3 is 2.23 bits per heavy atom. The van der Waals surface area contributed by atoms with E-state index < -0.39 is 24.1 Å². The van der Waals surface area contributed by atoms with E-state index >= 15 is 0 Å². The van der Waals surface area contributed by atoms with E-state index in [-0.39, 0.29) is 35.3 Å². The lowest BCUT2D eigenvalue weighted by molar-refractivity contribution is -0.125. The molecule has 8 nitrogen and oxygen atoms in total. The number of carbonyl (C=O) groups excluding carboxylic acids is 2. The summed E-state index contributed by atoms with van der Waals surface area (Å²) in [5.41, 5.74) is 4.54. The molecule has 0 heterocycles. The van der Waals surface area contributed by atoms with Crippen LogP contribution in [0, 0.1) is 0 Å². The predicted molar refractivity (Wildman–Crippen MR) is 131 cm³/mol. The highest BCUT2D eigenvalue weighted by Gasteiger charge is 2.29. The van der Waals surface area contributed by atoms with E-state index in [4.69, 9.17) is 21.1 Å². The van der Waals surface area contributed by atoms with Crippen LogP contribution in [0.4, 0.5) is 10.5 Å². The van der Waals surface area contributed by atoms with E-state index in [1.165, 1.54) is 25.3 Å². The smallest absolute Gasteiger partial charge is 0.407 e. The summed E-state index contributed by atoms with van der Waals surface area (Å²) in [6, 6.07) is 20.1. The molecule has 1 aliphatic rings. The topological polar surface area (TPSA) is 114 Å². The van der Waals surface area contributed by atoms with E-state index in [2.05, 4.69) is 22.8 Å². The number of fused-ring (bicyclic) bond motifs is 3. The third-order valence-electron chi connectivity index (χ3n) is 5.82. The van der Waals surface area contributed by atoms with E-state index in [0.717, 1.165) is 22.3 Å². The zero-order valence-electron chi connectivity index (χ0n) is 18.8. The van der Waals surface area contributed by atoms with Crippen LogP contribution in [-0.2, 0) is 14.3 Å². The number of hydrogen-bond acceptors (Lipinski definition) is 5. The standard InChI is InChI=1S/C26H23ClN2O6/c1-34-23(24(30)29-15-10-11-22(27)20(12-15)25(31)32)13-28-26(33)35-14-21-18-8-4-2-6-16(18)17-7-3-5-9-19(17)21/h2-12,21,23H,13-14H2,1H3,(H,28,33)(H,29,30)(H,31,32). The first-order valence-electron chi connectivity index (χ1n) is 10.8. The van der Waals surface area contributed by atoms with Crippen molar-refractivity contribution in [1.82, 2.24) is 5.32 Å². The molecule has 3 aromatic rings. The largest absolute Gasteiger partial charge is 0.478 e. The molecule has 3 N–H and O–H groups in total. The van der Waals surface area contributed by atoms with Crippen LogP contribution in [-0.4, -0.2) is 49.4 Å². The van der Waals surface area contributed by atoms with E-state index in [0.29, 0.717) is 0 Å². The van der Waals surface area contributed by atoms with Crippen LogP contribution in [0.2, 0.25) is 5.02 Å². The maximum absolute atomic E-state index is 12.6. The van der Waals surface area contributed by atoms with Crippen molar-refractivity contribution in [2.75, 3.05) is 25.6 Å². The van der Waals surface area contributed by atoms with Crippen molar-refractivity contribution in [1.29, 1.82) is 0 Å². The van der Waals surface area contributed by atoms with Gasteiger partial charge in [0.2, 0.25) is 0 Å². The van der Waals surface area contributed by atoms with Crippen LogP contribution in [0.5, 0.6) is 0 Å². The van der Waals surface area contributed by atoms with Crippen molar-refractivity contribution in [2.45, 2.75) is 12.0 Å². The number of carboxylic acids is 1. The second-order valence-corrected chi connectivity index (χ2v) is 8.33. The summed E-state index contributed by atoms with van der Waals surface area (Å²) >= 11 is 5.86. The Balaban J connectivity index is 1.33. The molecule has 0 bridgehead atoms. The minimum absolute atomic E-state index is 0.0516. The maximum Gasteiger partial charge on any atom is 0.407 e. The number of carboxylic acid groups (broad SMARTS) is 1. The molecule has 1 unspecified atom stereocenters. The number of carbonyl (C=O) groups is 3. The van der Waals surface area contributed by atoms with Gasteiger partial charge in [-0.15, -0.1) is 0 Å². The molecule has 2 amide bonds. The molecule has 0 saturated carbocycles. The molecule has 0 aliphatic heterocycles. The highest BCUT2D eigenvalue weighted by Crippen LogP contribution is 2.44. The first-order chi connectivity index (χ1) is 16.9. The zero-order valence-corrected chi connectivity index (χ0v) is 19.5. The fraction of sp³-hybridized carbons (Fsp3) is 0.192. The lowest BCUT2D eigenvalue weighted by atomic mass is 9.98. The fourth-order valence-corrected chi connectivity index (χ4v) is 4.30.